The minimum absolute atomic E-state index is 1.54. The summed E-state index contributed by atoms with van der Waals surface area (Å²) in [5.41, 5.74) is -13.8. The van der Waals surface area contributed by atoms with Crippen molar-refractivity contribution < 1.29 is 61.5 Å². The van der Waals surface area contributed by atoms with E-state index >= 15 is 0 Å². The van der Waals surface area contributed by atoms with Crippen LogP contribution in [0.3, 0.4) is 0 Å². The summed E-state index contributed by atoms with van der Waals surface area (Å²) in [4.78, 5) is 0. The fraction of sp³-hybridized carbons (Fsp3) is 0. The van der Waals surface area contributed by atoms with Crippen molar-refractivity contribution in [3.05, 3.63) is 98.1 Å². The van der Waals surface area contributed by atoms with Crippen LogP contribution in [0.4, 0.5) is 61.5 Å². The van der Waals surface area contributed by atoms with E-state index in [9.17, 15) is 61.5 Å². The zero-order valence-corrected chi connectivity index (χ0v) is 17.8. The maximum Gasteiger partial charge on any atom is 0.292 e. The molecule has 0 saturated carbocycles. The molecule has 0 saturated heterocycles. The van der Waals surface area contributed by atoms with Crippen LogP contribution in [0.15, 0.2) is 0 Å². The Kier molecular flexibility index (Phi) is 6.17. The van der Waals surface area contributed by atoms with Gasteiger partial charge in [0.05, 0.1) is 5.56 Å². The molecule has 0 aliphatic carbocycles. The van der Waals surface area contributed by atoms with E-state index < -0.39 is 120 Å². The molecular weight excluding hydrogens is 597 g/mol. The van der Waals surface area contributed by atoms with Gasteiger partial charge in [-0.2, -0.15) is 0 Å². The Hall–Kier alpha value is -3.04. The molecule has 1 aliphatic rings. The quantitative estimate of drug-likeness (QED) is 0.133. The summed E-state index contributed by atoms with van der Waals surface area (Å²) in [6.07, 6.45) is 0. The first-order valence-electron chi connectivity index (χ1n) is 8.94. The molecule has 0 spiro atoms. The summed E-state index contributed by atoms with van der Waals surface area (Å²) in [6.45, 7) is 0. The first kappa shape index (κ1) is 26.0. The highest BCUT2D eigenvalue weighted by Crippen LogP contribution is 2.47. The van der Waals surface area contributed by atoms with E-state index in [1.165, 1.54) is 0 Å². The van der Waals surface area contributed by atoms with Crippen molar-refractivity contribution in [2.24, 2.45) is 0 Å². The standard InChI is InChI=1S/C20BBrF14/c22-21-5(4-10(26)16(32)20(36)17(33)11(4)27)1(2-6(21)12(28)18(34)13(29)7(2)23)3-8(24)14(30)19(35)15(31)9(3)25. The highest BCUT2D eigenvalue weighted by atomic mass is 79.9. The van der Waals surface area contributed by atoms with Crippen molar-refractivity contribution >= 4 is 37.8 Å². The molecule has 0 atom stereocenters. The largest absolute Gasteiger partial charge is 0.292 e. The molecule has 3 aromatic carbocycles. The highest BCUT2D eigenvalue weighted by molar-refractivity contribution is 9.25. The van der Waals surface area contributed by atoms with Crippen molar-refractivity contribution in [3.63, 3.8) is 0 Å². The third kappa shape index (κ3) is 3.22. The number of hydrogen-bond acceptors (Lipinski definition) is 0. The average molecular weight is 597 g/mol. The average Bonchev–Trinajstić information content (AvgIpc) is 3.14. The zero-order chi connectivity index (χ0) is 27.1. The zero-order valence-electron chi connectivity index (χ0n) is 16.2. The highest BCUT2D eigenvalue weighted by Gasteiger charge is 2.47. The minimum atomic E-state index is -2.81. The van der Waals surface area contributed by atoms with Gasteiger partial charge in [-0.05, 0) is 16.5 Å². The lowest BCUT2D eigenvalue weighted by molar-refractivity contribution is 0.375. The van der Waals surface area contributed by atoms with Gasteiger partial charge in [-0.25, -0.2) is 61.5 Å². The van der Waals surface area contributed by atoms with Gasteiger partial charge in [-0.3, -0.25) is 0 Å². The third-order valence-corrected chi connectivity index (χ3v) is 6.18. The van der Waals surface area contributed by atoms with Gasteiger partial charge in [0, 0.05) is 11.1 Å². The maximum absolute atomic E-state index is 14.8. The van der Waals surface area contributed by atoms with Crippen LogP contribution >= 0.6 is 15.8 Å². The van der Waals surface area contributed by atoms with E-state index in [0.29, 0.717) is 0 Å². The fourth-order valence-corrected chi connectivity index (χ4v) is 4.60. The number of benzene rings is 3. The van der Waals surface area contributed by atoms with Gasteiger partial charge in [-0.1, -0.05) is 0 Å². The van der Waals surface area contributed by atoms with Crippen molar-refractivity contribution in [2.75, 3.05) is 0 Å². The van der Waals surface area contributed by atoms with E-state index in [2.05, 4.69) is 15.8 Å². The summed E-state index contributed by atoms with van der Waals surface area (Å²) in [6, 6.07) is 0. The normalized spacial score (nSPS) is 13.2. The molecule has 0 bridgehead atoms. The second-order valence-corrected chi connectivity index (χ2v) is 8.00. The Morgan fingerprint density at radius 2 is 0.611 bits per heavy atom. The molecule has 1 aliphatic heterocycles. The van der Waals surface area contributed by atoms with Crippen LogP contribution in [-0.2, 0) is 0 Å². The summed E-state index contributed by atoms with van der Waals surface area (Å²) >= 11 is 2.43. The minimum Gasteiger partial charge on any atom is -0.204 e. The molecule has 0 fully saturated rings. The Morgan fingerprint density at radius 3 is 1.00 bits per heavy atom. The number of hydrogen-bond donors (Lipinski definition) is 0. The predicted octanol–water partition coefficient (Wildman–Crippen LogP) is 6.74. The molecule has 36 heavy (non-hydrogen) atoms. The van der Waals surface area contributed by atoms with Crippen LogP contribution in [-0.4, -0.2) is 5.54 Å². The number of halogens is 15. The molecule has 188 valence electrons. The molecule has 1 heterocycles. The molecule has 16 heteroatoms. The molecule has 0 unspecified atom stereocenters. The van der Waals surface area contributed by atoms with Crippen molar-refractivity contribution in [1.29, 1.82) is 0 Å². The Labute approximate surface area is 197 Å². The Bertz CT molecular complexity index is 1490. The summed E-state index contributed by atoms with van der Waals surface area (Å²) in [5, 5.41) is 0. The predicted molar refractivity (Wildman–Crippen MR) is 99.0 cm³/mol. The molecular formula is C20BBrF14. The fourth-order valence-electron chi connectivity index (χ4n) is 3.71. The second-order valence-electron chi connectivity index (χ2n) is 7.09. The molecule has 0 amide bonds. The van der Waals surface area contributed by atoms with E-state index in [1.54, 1.807) is 0 Å². The summed E-state index contributed by atoms with van der Waals surface area (Å²) < 4.78 is 198. The van der Waals surface area contributed by atoms with Crippen LogP contribution in [0.1, 0.15) is 16.7 Å². The molecule has 0 radical (unpaired) electrons. The lowest BCUT2D eigenvalue weighted by Gasteiger charge is -2.16. The van der Waals surface area contributed by atoms with Crippen LogP contribution in [0.5, 0.6) is 0 Å². The lowest BCUT2D eigenvalue weighted by atomic mass is 9.63. The van der Waals surface area contributed by atoms with Gasteiger partial charge in [0.15, 0.2) is 69.8 Å². The van der Waals surface area contributed by atoms with E-state index in [-0.39, 0.29) is 0 Å². The number of fused-ring (bicyclic) bond motifs is 1. The van der Waals surface area contributed by atoms with E-state index in [0.717, 1.165) is 0 Å². The van der Waals surface area contributed by atoms with Crippen LogP contribution in [0.25, 0.3) is 11.0 Å². The molecule has 0 nitrogen and oxygen atoms in total. The lowest BCUT2D eigenvalue weighted by Crippen LogP contribution is -2.30. The van der Waals surface area contributed by atoms with Gasteiger partial charge >= 0.3 is 0 Å². The summed E-state index contributed by atoms with van der Waals surface area (Å²) in [7, 11) is 0. The van der Waals surface area contributed by atoms with E-state index in [4.69, 9.17) is 0 Å². The molecule has 3 aromatic rings. The molecule has 0 N–H and O–H groups in total. The third-order valence-electron chi connectivity index (χ3n) is 5.27. The van der Waals surface area contributed by atoms with Gasteiger partial charge in [-0.15, -0.1) is 15.8 Å². The maximum atomic E-state index is 14.8. The van der Waals surface area contributed by atoms with E-state index in [1.807, 2.05) is 0 Å². The van der Waals surface area contributed by atoms with Crippen LogP contribution < -0.4 is 5.46 Å². The van der Waals surface area contributed by atoms with Gasteiger partial charge < -0.3 is 0 Å². The molecule has 4 rings (SSSR count). The first-order valence-corrected chi connectivity index (χ1v) is 9.86. The first-order chi connectivity index (χ1) is 16.7. The van der Waals surface area contributed by atoms with Gasteiger partial charge in [0.2, 0.25) is 11.6 Å². The Morgan fingerprint density at radius 1 is 0.333 bits per heavy atom. The number of rotatable bonds is 2. The Balaban J connectivity index is 2.34. The van der Waals surface area contributed by atoms with Gasteiger partial charge in [0.25, 0.3) is 5.54 Å². The smallest absolute Gasteiger partial charge is 0.204 e. The second kappa shape index (κ2) is 8.52. The molecule has 0 aromatic heterocycles. The topological polar surface area (TPSA) is 0 Å². The monoisotopic (exact) mass is 596 g/mol. The van der Waals surface area contributed by atoms with Crippen LogP contribution in [0, 0.1) is 81.4 Å². The van der Waals surface area contributed by atoms with Crippen LogP contribution in [0.2, 0.25) is 0 Å². The van der Waals surface area contributed by atoms with Crippen molar-refractivity contribution in [1.82, 2.24) is 0 Å². The van der Waals surface area contributed by atoms with Gasteiger partial charge in [0.1, 0.15) is 0 Å². The SMILES string of the molecule is Fc1c(F)c(F)c(C2=C(c3c(F)c(F)c(F)c(F)c3F)c3c(F)c(F)c(F)c(F)c3B2Br)c(F)c1F. The summed E-state index contributed by atoms with van der Waals surface area (Å²) in [5.74, 6) is -37.7. The van der Waals surface area contributed by atoms with Crippen molar-refractivity contribution in [3.8, 4) is 0 Å². The van der Waals surface area contributed by atoms with Crippen molar-refractivity contribution in [2.45, 2.75) is 0 Å².